The SMILES string of the molecule is CC(C)COc1nc(N)nc2c1ncn2C. The summed E-state index contributed by atoms with van der Waals surface area (Å²) in [5.74, 6) is 1.08. The minimum Gasteiger partial charge on any atom is -0.476 e. The number of nitrogens with two attached hydrogens (primary N) is 1. The lowest BCUT2D eigenvalue weighted by Gasteiger charge is -2.08. The maximum Gasteiger partial charge on any atom is 0.247 e. The molecule has 2 aromatic heterocycles. The van der Waals surface area contributed by atoms with Crippen molar-refractivity contribution >= 4 is 17.1 Å². The molecule has 2 heterocycles. The quantitative estimate of drug-likeness (QED) is 0.835. The molecule has 0 radical (unpaired) electrons. The summed E-state index contributed by atoms with van der Waals surface area (Å²) in [7, 11) is 1.86. The molecule has 0 amide bonds. The van der Waals surface area contributed by atoms with Gasteiger partial charge in [0.2, 0.25) is 11.8 Å². The molecule has 2 N–H and O–H groups in total. The molecule has 0 aliphatic heterocycles. The Morgan fingerprint density at radius 1 is 1.44 bits per heavy atom. The number of fused-ring (bicyclic) bond motifs is 1. The molecule has 6 heteroatoms. The molecule has 0 aliphatic rings. The van der Waals surface area contributed by atoms with Crippen LogP contribution in [-0.2, 0) is 7.05 Å². The van der Waals surface area contributed by atoms with Gasteiger partial charge in [0.05, 0.1) is 12.9 Å². The van der Waals surface area contributed by atoms with Gasteiger partial charge in [0, 0.05) is 7.05 Å². The fourth-order valence-electron chi connectivity index (χ4n) is 1.34. The second-order valence-corrected chi connectivity index (χ2v) is 4.12. The summed E-state index contributed by atoms with van der Waals surface area (Å²) in [5, 5.41) is 0. The Labute approximate surface area is 93.5 Å². The fraction of sp³-hybridized carbons (Fsp3) is 0.500. The van der Waals surface area contributed by atoms with E-state index in [0.717, 1.165) is 0 Å². The average molecular weight is 221 g/mol. The maximum atomic E-state index is 5.62. The van der Waals surface area contributed by atoms with E-state index in [2.05, 4.69) is 28.8 Å². The highest BCUT2D eigenvalue weighted by molar-refractivity contribution is 5.77. The first-order valence-electron chi connectivity index (χ1n) is 5.15. The van der Waals surface area contributed by atoms with Crippen LogP contribution < -0.4 is 10.5 Å². The molecule has 0 spiro atoms. The number of ether oxygens (including phenoxy) is 1. The monoisotopic (exact) mass is 221 g/mol. The van der Waals surface area contributed by atoms with Crippen molar-refractivity contribution in [1.82, 2.24) is 19.5 Å². The molecule has 0 aromatic carbocycles. The van der Waals surface area contributed by atoms with Gasteiger partial charge in [-0.25, -0.2) is 4.98 Å². The van der Waals surface area contributed by atoms with Gasteiger partial charge in [0.1, 0.15) is 0 Å². The van der Waals surface area contributed by atoms with E-state index in [1.165, 1.54) is 0 Å². The van der Waals surface area contributed by atoms with Gasteiger partial charge in [0.25, 0.3) is 0 Å². The molecule has 2 aromatic rings. The average Bonchev–Trinajstić information content (AvgIpc) is 2.57. The number of nitrogen functional groups attached to an aromatic ring is 1. The summed E-state index contributed by atoms with van der Waals surface area (Å²) in [6.45, 7) is 4.72. The second kappa shape index (κ2) is 3.96. The Morgan fingerprint density at radius 2 is 2.19 bits per heavy atom. The summed E-state index contributed by atoms with van der Waals surface area (Å²) in [4.78, 5) is 12.4. The van der Waals surface area contributed by atoms with Crippen molar-refractivity contribution in [1.29, 1.82) is 0 Å². The van der Waals surface area contributed by atoms with Gasteiger partial charge < -0.3 is 15.0 Å². The summed E-state index contributed by atoms with van der Waals surface area (Å²) in [5.41, 5.74) is 6.95. The number of aromatic nitrogens is 4. The van der Waals surface area contributed by atoms with Crippen LogP contribution in [0.5, 0.6) is 5.88 Å². The van der Waals surface area contributed by atoms with Gasteiger partial charge in [-0.1, -0.05) is 13.8 Å². The van der Waals surface area contributed by atoms with Gasteiger partial charge >= 0.3 is 0 Å². The van der Waals surface area contributed by atoms with Crippen molar-refractivity contribution in [3.63, 3.8) is 0 Å². The Morgan fingerprint density at radius 3 is 2.88 bits per heavy atom. The summed E-state index contributed by atoms with van der Waals surface area (Å²) < 4.78 is 7.36. The van der Waals surface area contributed by atoms with Crippen LogP contribution >= 0.6 is 0 Å². The zero-order valence-electron chi connectivity index (χ0n) is 9.64. The first-order chi connectivity index (χ1) is 7.58. The lowest BCUT2D eigenvalue weighted by molar-refractivity contribution is 0.264. The summed E-state index contributed by atoms with van der Waals surface area (Å²) in [6, 6.07) is 0. The van der Waals surface area contributed by atoms with Crippen LogP contribution in [0.3, 0.4) is 0 Å². The number of hydrogen-bond donors (Lipinski definition) is 1. The number of rotatable bonds is 3. The molecule has 6 nitrogen and oxygen atoms in total. The van der Waals surface area contributed by atoms with E-state index >= 15 is 0 Å². The van der Waals surface area contributed by atoms with Crippen LogP contribution in [0.25, 0.3) is 11.2 Å². The van der Waals surface area contributed by atoms with Crippen molar-refractivity contribution in [2.75, 3.05) is 12.3 Å². The van der Waals surface area contributed by atoms with E-state index in [9.17, 15) is 0 Å². The Bertz CT molecular complexity index is 505. The molecule has 0 aliphatic carbocycles. The topological polar surface area (TPSA) is 78.8 Å². The van der Waals surface area contributed by atoms with Crippen LogP contribution in [0.1, 0.15) is 13.8 Å². The first kappa shape index (κ1) is 10.7. The molecular weight excluding hydrogens is 206 g/mol. The third kappa shape index (κ3) is 1.91. The predicted octanol–water partition coefficient (Wildman–Crippen LogP) is 0.980. The number of nitrogens with zero attached hydrogens (tertiary/aromatic N) is 4. The molecule has 0 unspecified atom stereocenters. The second-order valence-electron chi connectivity index (χ2n) is 4.12. The number of anilines is 1. The Kier molecular flexibility index (Phi) is 2.64. The van der Waals surface area contributed by atoms with Gasteiger partial charge in [-0.3, -0.25) is 0 Å². The molecule has 0 saturated heterocycles. The molecular formula is C10H15N5O. The van der Waals surface area contributed by atoms with E-state index in [-0.39, 0.29) is 5.95 Å². The highest BCUT2D eigenvalue weighted by Crippen LogP contribution is 2.21. The molecule has 0 bridgehead atoms. The molecule has 16 heavy (non-hydrogen) atoms. The minimum atomic E-state index is 0.204. The summed E-state index contributed by atoms with van der Waals surface area (Å²) in [6.07, 6.45) is 1.67. The standard InChI is InChI=1S/C10H15N5O/c1-6(2)4-16-9-7-8(13-10(11)14-9)15(3)5-12-7/h5-6H,4H2,1-3H3,(H2,11,13,14). The van der Waals surface area contributed by atoms with Crippen molar-refractivity contribution < 1.29 is 4.74 Å². The fourth-order valence-corrected chi connectivity index (χ4v) is 1.34. The molecule has 0 saturated carbocycles. The van der Waals surface area contributed by atoms with E-state index in [4.69, 9.17) is 10.5 Å². The van der Waals surface area contributed by atoms with Crippen LogP contribution in [-0.4, -0.2) is 26.1 Å². The van der Waals surface area contributed by atoms with Crippen LogP contribution in [0, 0.1) is 5.92 Å². The third-order valence-electron chi connectivity index (χ3n) is 2.10. The van der Waals surface area contributed by atoms with Gasteiger partial charge in [-0.05, 0) is 5.92 Å². The van der Waals surface area contributed by atoms with Crippen molar-refractivity contribution in [2.24, 2.45) is 13.0 Å². The number of imidazole rings is 1. The smallest absolute Gasteiger partial charge is 0.247 e. The molecule has 0 atom stereocenters. The minimum absolute atomic E-state index is 0.204. The largest absolute Gasteiger partial charge is 0.476 e. The van der Waals surface area contributed by atoms with E-state index in [0.29, 0.717) is 29.6 Å². The van der Waals surface area contributed by atoms with Crippen molar-refractivity contribution in [3.8, 4) is 5.88 Å². The van der Waals surface area contributed by atoms with Crippen LogP contribution in [0.15, 0.2) is 6.33 Å². The zero-order valence-corrected chi connectivity index (χ0v) is 9.64. The normalized spacial score (nSPS) is 11.2. The number of aryl methyl sites for hydroxylation is 1. The van der Waals surface area contributed by atoms with Gasteiger partial charge in [0.15, 0.2) is 11.2 Å². The lowest BCUT2D eigenvalue weighted by Crippen LogP contribution is -2.08. The van der Waals surface area contributed by atoms with Crippen molar-refractivity contribution in [2.45, 2.75) is 13.8 Å². The number of hydrogen-bond acceptors (Lipinski definition) is 5. The van der Waals surface area contributed by atoms with Gasteiger partial charge in [-0.15, -0.1) is 0 Å². The highest BCUT2D eigenvalue weighted by Gasteiger charge is 2.12. The van der Waals surface area contributed by atoms with Gasteiger partial charge in [-0.2, -0.15) is 9.97 Å². The lowest BCUT2D eigenvalue weighted by atomic mass is 10.2. The van der Waals surface area contributed by atoms with E-state index in [1.807, 2.05) is 7.05 Å². The first-order valence-corrected chi connectivity index (χ1v) is 5.15. The van der Waals surface area contributed by atoms with Crippen molar-refractivity contribution in [3.05, 3.63) is 6.33 Å². The molecule has 0 fully saturated rings. The van der Waals surface area contributed by atoms with E-state index in [1.54, 1.807) is 10.9 Å². The predicted molar refractivity (Wildman–Crippen MR) is 61.0 cm³/mol. The maximum absolute atomic E-state index is 5.62. The Hall–Kier alpha value is -1.85. The third-order valence-corrected chi connectivity index (χ3v) is 2.10. The summed E-state index contributed by atoms with van der Waals surface area (Å²) >= 11 is 0. The highest BCUT2D eigenvalue weighted by atomic mass is 16.5. The molecule has 2 rings (SSSR count). The Balaban J connectivity index is 2.43. The zero-order chi connectivity index (χ0) is 11.7. The van der Waals surface area contributed by atoms with E-state index < -0.39 is 0 Å². The molecule has 86 valence electrons. The van der Waals surface area contributed by atoms with Crippen LogP contribution in [0.2, 0.25) is 0 Å². The van der Waals surface area contributed by atoms with Crippen LogP contribution in [0.4, 0.5) is 5.95 Å².